The van der Waals surface area contributed by atoms with Gasteiger partial charge in [-0.25, -0.2) is 0 Å². The zero-order chi connectivity index (χ0) is 35.4. The Morgan fingerprint density at radius 3 is 2.15 bits per heavy atom. The number of fused-ring (bicyclic) bond motifs is 3. The molecule has 0 saturated carbocycles. The fourth-order valence-electron chi connectivity index (χ4n) is 7.97. The molecule has 0 radical (unpaired) electrons. The number of carbonyl (C=O) groups is 2. The van der Waals surface area contributed by atoms with Gasteiger partial charge in [0.1, 0.15) is 18.1 Å². The minimum absolute atomic E-state index is 0.169. The molecule has 2 fully saturated rings. The zero-order valence-corrected chi connectivity index (χ0v) is 28.7. The number of phenolic OH excluding ortho intramolecular Hbond substituents is 1. The van der Waals surface area contributed by atoms with Crippen LogP contribution in [-0.4, -0.2) is 36.2 Å². The van der Waals surface area contributed by atoms with Gasteiger partial charge in [0.05, 0.1) is 30.2 Å². The number of phenols is 1. The average molecular weight is 689 g/mol. The molecule has 2 amide bonds. The second kappa shape index (κ2) is 14.7. The highest BCUT2D eigenvalue weighted by atomic mass is 16.5. The van der Waals surface area contributed by atoms with Gasteiger partial charge in [0, 0.05) is 22.9 Å². The number of nitrogens with zero attached hydrogens (tertiary/aromatic N) is 1. The van der Waals surface area contributed by atoms with E-state index in [0.29, 0.717) is 38.2 Å². The quantitative estimate of drug-likeness (QED) is 0.0818. The average Bonchev–Trinajstić information content (AvgIpc) is 3.72. The highest BCUT2D eigenvalue weighted by Gasteiger charge is 2.57. The van der Waals surface area contributed by atoms with Gasteiger partial charge in [-0.15, -0.1) is 0 Å². The van der Waals surface area contributed by atoms with E-state index in [9.17, 15) is 14.7 Å². The molecule has 2 saturated heterocycles. The fraction of sp³-hybridized carbons (Fsp3) is 0.200. The van der Waals surface area contributed by atoms with Gasteiger partial charge >= 0.3 is 0 Å². The van der Waals surface area contributed by atoms with Crippen molar-refractivity contribution < 1.29 is 24.2 Å². The van der Waals surface area contributed by atoms with E-state index in [-0.39, 0.29) is 29.6 Å². The highest BCUT2D eigenvalue weighted by Crippen LogP contribution is 2.51. The van der Waals surface area contributed by atoms with Crippen LogP contribution in [-0.2, 0) is 14.3 Å². The Morgan fingerprint density at radius 2 is 1.42 bits per heavy atom. The van der Waals surface area contributed by atoms with E-state index in [1.54, 1.807) is 6.07 Å². The number of aromatic hydroxyl groups is 1. The Hall–Kier alpha value is -5.92. The van der Waals surface area contributed by atoms with Crippen molar-refractivity contribution in [2.75, 3.05) is 23.4 Å². The van der Waals surface area contributed by atoms with Gasteiger partial charge in [-0.2, -0.15) is 0 Å². The Bertz CT molecular complexity index is 2110. The maximum atomic E-state index is 14.3. The predicted octanol–water partition coefficient (Wildman–Crippen LogP) is 9.06. The normalized spacial score (nSPS) is 21.2. The molecule has 0 aromatic heterocycles. The minimum Gasteiger partial charge on any atom is -0.507 e. The molecule has 0 bridgehead atoms. The molecule has 1 aliphatic carbocycles. The van der Waals surface area contributed by atoms with Crippen LogP contribution in [0.4, 0.5) is 17.1 Å². The molecule has 52 heavy (non-hydrogen) atoms. The van der Waals surface area contributed by atoms with Crippen LogP contribution in [0.15, 0.2) is 151 Å². The number of carbonyl (C=O) groups excluding carboxylic acids is 2. The summed E-state index contributed by atoms with van der Waals surface area (Å²) in [6.07, 6.45) is 3.60. The maximum absolute atomic E-state index is 14.3. The lowest BCUT2D eigenvalue weighted by Crippen LogP contribution is -2.35. The van der Waals surface area contributed by atoms with Gasteiger partial charge in [0.15, 0.2) is 0 Å². The molecule has 260 valence electrons. The zero-order valence-electron chi connectivity index (χ0n) is 28.7. The summed E-state index contributed by atoms with van der Waals surface area (Å²) in [4.78, 5) is 29.8. The van der Waals surface area contributed by atoms with Crippen LogP contribution in [0.1, 0.15) is 30.4 Å². The van der Waals surface area contributed by atoms with Crippen LogP contribution in [0.3, 0.4) is 0 Å². The standard InChI is InChI=1S/C45H40N2O5/c48-40-19-11-10-14-32(40)26-31(30-12-4-1-5-13-30)20-25-41-42-33(28-51-37-17-8-3-9-18-37)27-38-43(39(42)29-52-41)45(50)47(44(38)49)36-23-21-35(22-24-36)46-34-15-6-2-7-16-34/h1-19,21-24,26,38-39,41,43,46,48H,20,25,27-29H2/b31-26-/t38-,39+,41-,43-/m1/s1. The summed E-state index contributed by atoms with van der Waals surface area (Å²) >= 11 is 0. The Morgan fingerprint density at radius 1 is 0.769 bits per heavy atom. The number of nitrogens with one attached hydrogen (secondary N) is 1. The number of hydrogen-bond donors (Lipinski definition) is 2. The van der Waals surface area contributed by atoms with Crippen molar-refractivity contribution in [2.45, 2.75) is 25.4 Å². The number of rotatable bonds is 11. The number of imide groups is 1. The summed E-state index contributed by atoms with van der Waals surface area (Å²) in [7, 11) is 0. The van der Waals surface area contributed by atoms with Crippen molar-refractivity contribution in [3.05, 3.63) is 162 Å². The topological polar surface area (TPSA) is 88.1 Å². The van der Waals surface area contributed by atoms with E-state index >= 15 is 0 Å². The number of allylic oxidation sites excluding steroid dienone is 1. The third-order valence-electron chi connectivity index (χ3n) is 10.4. The molecule has 0 unspecified atom stereocenters. The number of benzene rings is 5. The molecule has 3 aliphatic rings. The lowest BCUT2D eigenvalue weighted by Gasteiger charge is -2.31. The van der Waals surface area contributed by atoms with Crippen LogP contribution < -0.4 is 15.0 Å². The van der Waals surface area contributed by atoms with Crippen molar-refractivity contribution in [1.82, 2.24) is 0 Å². The Labute approximate surface area is 303 Å². The lowest BCUT2D eigenvalue weighted by atomic mass is 9.69. The molecule has 7 nitrogen and oxygen atoms in total. The number of amides is 2. The third kappa shape index (κ3) is 6.75. The van der Waals surface area contributed by atoms with E-state index in [2.05, 4.69) is 17.4 Å². The van der Waals surface area contributed by atoms with Crippen molar-refractivity contribution in [3.63, 3.8) is 0 Å². The number of hydrogen-bond acceptors (Lipinski definition) is 6. The second-order valence-corrected chi connectivity index (χ2v) is 13.6. The summed E-state index contributed by atoms with van der Waals surface area (Å²) in [5.74, 6) is -0.567. The SMILES string of the molecule is O=C1[C@@H]2[C@@H](CC(COc3ccccc3)=C3[C@@H](CC/C(=C/c4ccccc4O)c4ccccc4)OC[C@@H]32)C(=O)N1c1ccc(Nc2ccccc2)cc1. The van der Waals surface area contributed by atoms with Gasteiger partial charge < -0.3 is 19.9 Å². The van der Waals surface area contributed by atoms with E-state index < -0.39 is 11.8 Å². The summed E-state index contributed by atoms with van der Waals surface area (Å²) in [6, 6.07) is 44.5. The van der Waals surface area contributed by atoms with Crippen LogP contribution in [0.5, 0.6) is 11.5 Å². The smallest absolute Gasteiger partial charge is 0.238 e. The van der Waals surface area contributed by atoms with Crippen molar-refractivity contribution in [3.8, 4) is 11.5 Å². The van der Waals surface area contributed by atoms with Gasteiger partial charge in [-0.05, 0) is 102 Å². The maximum Gasteiger partial charge on any atom is 0.238 e. The van der Waals surface area contributed by atoms with Crippen LogP contribution in [0.2, 0.25) is 0 Å². The molecule has 5 aromatic rings. The first-order valence-corrected chi connectivity index (χ1v) is 17.9. The third-order valence-corrected chi connectivity index (χ3v) is 10.4. The summed E-state index contributed by atoms with van der Waals surface area (Å²) in [6.45, 7) is 0.687. The molecule has 2 aliphatic heterocycles. The van der Waals surface area contributed by atoms with Gasteiger partial charge in [0.25, 0.3) is 0 Å². The summed E-state index contributed by atoms with van der Waals surface area (Å²) in [5.41, 5.74) is 7.43. The largest absolute Gasteiger partial charge is 0.507 e. The van der Waals surface area contributed by atoms with E-state index in [4.69, 9.17) is 9.47 Å². The Balaban J connectivity index is 1.07. The molecule has 5 aromatic carbocycles. The van der Waals surface area contributed by atoms with Gasteiger partial charge in [-0.1, -0.05) is 84.9 Å². The highest BCUT2D eigenvalue weighted by molar-refractivity contribution is 6.22. The van der Waals surface area contributed by atoms with Crippen molar-refractivity contribution in [1.29, 1.82) is 0 Å². The minimum atomic E-state index is -0.500. The van der Waals surface area contributed by atoms with Crippen LogP contribution >= 0.6 is 0 Å². The predicted molar refractivity (Wildman–Crippen MR) is 204 cm³/mol. The lowest BCUT2D eigenvalue weighted by molar-refractivity contribution is -0.122. The molecule has 8 rings (SSSR count). The first-order chi connectivity index (χ1) is 25.5. The first-order valence-electron chi connectivity index (χ1n) is 17.9. The van der Waals surface area contributed by atoms with Gasteiger partial charge in [-0.3, -0.25) is 14.5 Å². The number of para-hydroxylation sites is 3. The molecule has 4 atom stereocenters. The first kappa shape index (κ1) is 33.2. The van der Waals surface area contributed by atoms with Crippen LogP contribution in [0, 0.1) is 17.8 Å². The van der Waals surface area contributed by atoms with Gasteiger partial charge in [0.2, 0.25) is 11.8 Å². The molecule has 7 heteroatoms. The summed E-state index contributed by atoms with van der Waals surface area (Å²) in [5, 5.41) is 13.9. The fourth-order valence-corrected chi connectivity index (χ4v) is 7.97. The summed E-state index contributed by atoms with van der Waals surface area (Å²) < 4.78 is 12.9. The van der Waals surface area contributed by atoms with Crippen LogP contribution in [0.25, 0.3) is 11.6 Å². The molecular weight excluding hydrogens is 649 g/mol. The van der Waals surface area contributed by atoms with Crippen molar-refractivity contribution >= 4 is 40.5 Å². The second-order valence-electron chi connectivity index (χ2n) is 13.6. The molecular formula is C45H40N2O5. The number of anilines is 3. The van der Waals surface area contributed by atoms with Crippen molar-refractivity contribution in [2.24, 2.45) is 17.8 Å². The Kier molecular flexibility index (Phi) is 9.42. The monoisotopic (exact) mass is 688 g/mol. The number of ether oxygens (including phenoxy) is 2. The molecule has 2 N–H and O–H groups in total. The molecule has 2 heterocycles. The molecule has 0 spiro atoms. The van der Waals surface area contributed by atoms with E-state index in [0.717, 1.165) is 45.0 Å². The van der Waals surface area contributed by atoms with E-state index in [1.807, 2.05) is 127 Å². The van der Waals surface area contributed by atoms with E-state index in [1.165, 1.54) is 4.90 Å².